The molecule has 0 atom stereocenters. The van der Waals surface area contributed by atoms with Gasteiger partial charge >= 0.3 is 0 Å². The zero-order valence-electron chi connectivity index (χ0n) is 12.6. The number of nitrogens with one attached hydrogen (secondary N) is 1. The molecule has 0 bridgehead atoms. The highest BCUT2D eigenvalue weighted by molar-refractivity contribution is 7.88. The summed E-state index contributed by atoms with van der Waals surface area (Å²) in [7, 11) is -3.29. The first-order chi connectivity index (χ1) is 10.0. The Balaban J connectivity index is 1.89. The van der Waals surface area contributed by atoms with Gasteiger partial charge in [-0.2, -0.15) is 0 Å². The molecule has 1 aromatic rings. The third-order valence-electron chi connectivity index (χ3n) is 4.33. The van der Waals surface area contributed by atoms with Crippen LogP contribution < -0.4 is 4.72 Å². The molecule has 1 aromatic carbocycles. The summed E-state index contributed by atoms with van der Waals surface area (Å²) in [6, 6.07) is 7.14. The van der Waals surface area contributed by atoms with Gasteiger partial charge in [-0.05, 0) is 42.7 Å². The standard InChI is InChI=1S/C16H25NO3S/c1-2-13-7-9-16(10-8-13)17-21(19,20)12-15-5-3-14(11-18)4-6-15/h3-6,13,16-18H,2,7-12H2,1H3. The highest BCUT2D eigenvalue weighted by Crippen LogP contribution is 2.27. The largest absolute Gasteiger partial charge is 0.392 e. The summed E-state index contributed by atoms with van der Waals surface area (Å²) in [6.07, 6.45) is 5.32. The number of benzene rings is 1. The molecule has 0 heterocycles. The minimum absolute atomic E-state index is 0.00636. The average Bonchev–Trinajstić information content (AvgIpc) is 2.48. The molecule has 1 aliphatic carbocycles. The third kappa shape index (κ3) is 5.09. The first-order valence-electron chi connectivity index (χ1n) is 7.71. The fourth-order valence-corrected chi connectivity index (χ4v) is 4.40. The maximum absolute atomic E-state index is 12.2. The molecule has 21 heavy (non-hydrogen) atoms. The van der Waals surface area contributed by atoms with Gasteiger partial charge in [0.25, 0.3) is 0 Å². The average molecular weight is 311 g/mol. The van der Waals surface area contributed by atoms with E-state index in [1.807, 2.05) is 0 Å². The molecular formula is C16H25NO3S. The molecule has 1 fully saturated rings. The number of aliphatic hydroxyl groups is 1. The van der Waals surface area contributed by atoms with E-state index >= 15 is 0 Å². The van der Waals surface area contributed by atoms with Crippen LogP contribution in [0.15, 0.2) is 24.3 Å². The number of hydrogen-bond acceptors (Lipinski definition) is 3. The lowest BCUT2D eigenvalue weighted by molar-refractivity contribution is 0.282. The first-order valence-corrected chi connectivity index (χ1v) is 9.36. The molecule has 0 aromatic heterocycles. The topological polar surface area (TPSA) is 66.4 Å². The third-order valence-corrected chi connectivity index (χ3v) is 5.74. The second-order valence-corrected chi connectivity index (χ2v) is 7.73. The van der Waals surface area contributed by atoms with E-state index in [1.165, 1.54) is 6.42 Å². The molecule has 5 heteroatoms. The van der Waals surface area contributed by atoms with E-state index in [1.54, 1.807) is 24.3 Å². The Hall–Kier alpha value is -0.910. The van der Waals surface area contributed by atoms with E-state index in [2.05, 4.69) is 11.6 Å². The molecule has 0 radical (unpaired) electrons. The Morgan fingerprint density at radius 1 is 1.10 bits per heavy atom. The molecule has 0 amide bonds. The fraction of sp³-hybridized carbons (Fsp3) is 0.625. The molecule has 4 nitrogen and oxygen atoms in total. The number of hydrogen-bond donors (Lipinski definition) is 2. The Morgan fingerprint density at radius 3 is 2.19 bits per heavy atom. The van der Waals surface area contributed by atoms with E-state index < -0.39 is 10.0 Å². The van der Waals surface area contributed by atoms with Crippen molar-refractivity contribution < 1.29 is 13.5 Å². The van der Waals surface area contributed by atoms with Crippen molar-refractivity contribution in [3.63, 3.8) is 0 Å². The van der Waals surface area contributed by atoms with Crippen molar-refractivity contribution in [3.05, 3.63) is 35.4 Å². The van der Waals surface area contributed by atoms with Gasteiger partial charge in [0, 0.05) is 6.04 Å². The lowest BCUT2D eigenvalue weighted by Gasteiger charge is -2.28. The normalized spacial score (nSPS) is 23.1. The highest BCUT2D eigenvalue weighted by Gasteiger charge is 2.24. The second-order valence-electron chi connectivity index (χ2n) is 5.98. The van der Waals surface area contributed by atoms with Crippen molar-refractivity contribution in [2.75, 3.05) is 0 Å². The predicted octanol–water partition coefficient (Wildman–Crippen LogP) is 2.57. The van der Waals surface area contributed by atoms with Crippen molar-refractivity contribution >= 4 is 10.0 Å². The van der Waals surface area contributed by atoms with Crippen LogP contribution in [0.5, 0.6) is 0 Å². The molecule has 2 N–H and O–H groups in total. The van der Waals surface area contributed by atoms with Gasteiger partial charge in [-0.3, -0.25) is 0 Å². The van der Waals surface area contributed by atoms with Gasteiger partial charge in [0.1, 0.15) is 0 Å². The molecule has 1 saturated carbocycles. The van der Waals surface area contributed by atoms with E-state index in [0.717, 1.165) is 42.7 Å². The van der Waals surface area contributed by atoms with Gasteiger partial charge in [0.2, 0.25) is 10.0 Å². The van der Waals surface area contributed by atoms with Crippen LogP contribution in [0.4, 0.5) is 0 Å². The van der Waals surface area contributed by atoms with Crippen LogP contribution in [-0.2, 0) is 22.4 Å². The minimum atomic E-state index is -3.29. The first kappa shape index (κ1) is 16.5. The van der Waals surface area contributed by atoms with Crippen LogP contribution in [0.3, 0.4) is 0 Å². The van der Waals surface area contributed by atoms with Crippen molar-refractivity contribution in [1.29, 1.82) is 0 Å². The highest BCUT2D eigenvalue weighted by atomic mass is 32.2. The maximum atomic E-state index is 12.2. The lowest BCUT2D eigenvalue weighted by Crippen LogP contribution is -2.38. The van der Waals surface area contributed by atoms with Crippen molar-refractivity contribution in [2.24, 2.45) is 5.92 Å². The smallest absolute Gasteiger partial charge is 0.216 e. The summed E-state index contributed by atoms with van der Waals surface area (Å²) < 4.78 is 27.3. The van der Waals surface area contributed by atoms with Crippen LogP contribution in [-0.4, -0.2) is 19.6 Å². The summed E-state index contributed by atoms with van der Waals surface area (Å²) in [5.74, 6) is 0.767. The predicted molar refractivity (Wildman–Crippen MR) is 84.2 cm³/mol. The molecule has 2 rings (SSSR count). The number of aliphatic hydroxyl groups excluding tert-OH is 1. The Kier molecular flexibility index (Phi) is 5.79. The van der Waals surface area contributed by atoms with Gasteiger partial charge < -0.3 is 5.11 Å². The van der Waals surface area contributed by atoms with Crippen molar-refractivity contribution in [3.8, 4) is 0 Å². The summed E-state index contributed by atoms with van der Waals surface area (Å²) in [5, 5.41) is 8.99. The summed E-state index contributed by atoms with van der Waals surface area (Å²) >= 11 is 0. The molecule has 0 unspecified atom stereocenters. The maximum Gasteiger partial charge on any atom is 0.216 e. The summed E-state index contributed by atoms with van der Waals surface area (Å²) in [5.41, 5.74) is 1.55. The summed E-state index contributed by atoms with van der Waals surface area (Å²) in [6.45, 7) is 2.18. The molecular weight excluding hydrogens is 286 g/mol. The van der Waals surface area contributed by atoms with Gasteiger partial charge in [-0.1, -0.05) is 37.6 Å². The Morgan fingerprint density at radius 2 is 1.67 bits per heavy atom. The fourth-order valence-electron chi connectivity index (χ4n) is 2.94. The zero-order chi connectivity index (χ0) is 15.3. The Labute approximate surface area is 127 Å². The number of rotatable bonds is 6. The SMILES string of the molecule is CCC1CCC(NS(=O)(=O)Cc2ccc(CO)cc2)CC1. The Bertz CT molecular complexity index is 531. The van der Waals surface area contributed by atoms with Crippen LogP contribution in [0.25, 0.3) is 0 Å². The quantitative estimate of drug-likeness (QED) is 0.848. The lowest BCUT2D eigenvalue weighted by atomic mass is 9.85. The summed E-state index contributed by atoms with van der Waals surface area (Å²) in [4.78, 5) is 0. The minimum Gasteiger partial charge on any atom is -0.392 e. The molecule has 0 aliphatic heterocycles. The van der Waals surface area contributed by atoms with E-state index in [9.17, 15) is 8.42 Å². The van der Waals surface area contributed by atoms with Crippen LogP contribution in [0.2, 0.25) is 0 Å². The van der Waals surface area contributed by atoms with Crippen LogP contribution >= 0.6 is 0 Å². The van der Waals surface area contributed by atoms with E-state index in [-0.39, 0.29) is 18.4 Å². The van der Waals surface area contributed by atoms with Gasteiger partial charge in [0.15, 0.2) is 0 Å². The van der Waals surface area contributed by atoms with Crippen molar-refractivity contribution in [1.82, 2.24) is 4.72 Å². The zero-order valence-corrected chi connectivity index (χ0v) is 13.4. The van der Waals surface area contributed by atoms with Crippen LogP contribution in [0, 0.1) is 5.92 Å². The van der Waals surface area contributed by atoms with Gasteiger partial charge in [-0.15, -0.1) is 0 Å². The second kappa shape index (κ2) is 7.38. The van der Waals surface area contributed by atoms with Crippen LogP contribution in [0.1, 0.15) is 50.2 Å². The molecule has 0 spiro atoms. The molecule has 0 saturated heterocycles. The van der Waals surface area contributed by atoms with Crippen molar-refractivity contribution in [2.45, 2.75) is 57.4 Å². The van der Waals surface area contributed by atoms with Gasteiger partial charge in [0.05, 0.1) is 12.4 Å². The monoisotopic (exact) mass is 311 g/mol. The molecule has 1 aliphatic rings. The van der Waals surface area contributed by atoms with Gasteiger partial charge in [-0.25, -0.2) is 13.1 Å². The molecule has 118 valence electrons. The van der Waals surface area contributed by atoms with E-state index in [4.69, 9.17) is 5.11 Å². The number of sulfonamides is 1. The van der Waals surface area contributed by atoms with E-state index in [0.29, 0.717) is 0 Å².